The number of rotatable bonds is 5. The molecule has 12 heteroatoms. The first-order valence-corrected chi connectivity index (χ1v) is 11.6. The summed E-state index contributed by atoms with van der Waals surface area (Å²) in [6.07, 6.45) is 2.96. The van der Waals surface area contributed by atoms with Crippen LogP contribution in [0.25, 0.3) is 11.0 Å². The lowest BCUT2D eigenvalue weighted by atomic mass is 9.92. The molecule has 3 aromatic rings. The van der Waals surface area contributed by atoms with E-state index in [9.17, 15) is 17.9 Å². The minimum absolute atomic E-state index is 0.149. The molecule has 0 saturated heterocycles. The molecular weight excluding hydrogens is 454 g/mol. The Balaban J connectivity index is 1.78. The van der Waals surface area contributed by atoms with Crippen LogP contribution >= 0.6 is 10.6 Å². The number of aromatic nitrogens is 3. The van der Waals surface area contributed by atoms with Gasteiger partial charge in [0.2, 0.25) is 5.88 Å². The molecule has 3 heterocycles. The van der Waals surface area contributed by atoms with Gasteiger partial charge in [0.25, 0.3) is 0 Å². The molecule has 33 heavy (non-hydrogen) atoms. The fourth-order valence-electron chi connectivity index (χ4n) is 3.57. The zero-order valence-corrected chi connectivity index (χ0v) is 19.0. The predicted octanol–water partition coefficient (Wildman–Crippen LogP) is 3.98. The largest absolute Gasteiger partial charge is 0.480 e. The second-order valence-electron chi connectivity index (χ2n) is 8.24. The fraction of sp³-hybridized carbons (Fsp3) is 0.333. The van der Waals surface area contributed by atoms with E-state index in [0.29, 0.717) is 28.4 Å². The number of benzene rings is 1. The first-order chi connectivity index (χ1) is 15.5. The minimum Gasteiger partial charge on any atom is -0.480 e. The van der Waals surface area contributed by atoms with Crippen LogP contribution in [-0.2, 0) is 5.54 Å². The maximum Gasteiger partial charge on any atom is 0.232 e. The summed E-state index contributed by atoms with van der Waals surface area (Å²) in [4.78, 5) is 17.1. The maximum absolute atomic E-state index is 14.9. The number of alkyl halides is 1. The first kappa shape index (κ1) is 23.1. The Morgan fingerprint density at radius 2 is 2.00 bits per heavy atom. The molecule has 4 rings (SSSR count). The highest BCUT2D eigenvalue weighted by Crippen LogP contribution is 2.59. The van der Waals surface area contributed by atoms with Crippen molar-refractivity contribution in [3.05, 3.63) is 48.0 Å². The first-order valence-electron chi connectivity index (χ1n) is 9.93. The van der Waals surface area contributed by atoms with Crippen LogP contribution in [0.4, 0.5) is 20.3 Å². The van der Waals surface area contributed by atoms with Gasteiger partial charge in [-0.05, 0) is 38.1 Å². The van der Waals surface area contributed by atoms with E-state index in [0.717, 1.165) is 6.07 Å². The second kappa shape index (κ2) is 8.04. The maximum atomic E-state index is 14.9. The lowest BCUT2D eigenvalue weighted by Crippen LogP contribution is -2.53. The molecule has 1 aromatic carbocycles. The number of halogens is 2. The van der Waals surface area contributed by atoms with Crippen molar-refractivity contribution >= 4 is 39.0 Å². The third-order valence-electron chi connectivity index (χ3n) is 5.81. The van der Waals surface area contributed by atoms with Crippen LogP contribution in [0, 0.1) is 5.82 Å². The molecule has 0 bridgehead atoms. The van der Waals surface area contributed by atoms with Crippen LogP contribution < -0.4 is 15.8 Å². The summed E-state index contributed by atoms with van der Waals surface area (Å²) in [7, 11) is -1.95. The molecule has 2 aromatic heterocycles. The molecule has 0 saturated carbocycles. The number of methoxy groups -OCH3 is 1. The Kier molecular flexibility index (Phi) is 5.63. The van der Waals surface area contributed by atoms with Gasteiger partial charge in [0.1, 0.15) is 34.1 Å². The average molecular weight is 479 g/mol. The Bertz CT molecular complexity index is 1260. The van der Waals surface area contributed by atoms with Gasteiger partial charge < -0.3 is 15.8 Å². The predicted molar refractivity (Wildman–Crippen MR) is 125 cm³/mol. The quantitative estimate of drug-likeness (QED) is 0.432. The number of ether oxygens (including phenoxy) is 1. The molecule has 0 aliphatic carbocycles. The highest BCUT2D eigenvalue weighted by Gasteiger charge is 2.51. The van der Waals surface area contributed by atoms with E-state index in [1.54, 1.807) is 6.07 Å². The lowest BCUT2D eigenvalue weighted by molar-refractivity contribution is 0.312. The minimum atomic E-state index is -3.43. The lowest BCUT2D eigenvalue weighted by Gasteiger charge is -2.53. The number of anilines is 2. The van der Waals surface area contributed by atoms with E-state index in [1.165, 1.54) is 45.5 Å². The molecule has 1 aliphatic rings. The number of aliphatic imine (C=N–C) groups is 1. The van der Waals surface area contributed by atoms with Gasteiger partial charge in [0, 0.05) is 17.4 Å². The fourth-order valence-corrected chi connectivity index (χ4v) is 5.28. The van der Waals surface area contributed by atoms with E-state index in [-0.39, 0.29) is 11.4 Å². The zero-order chi connectivity index (χ0) is 24.0. The molecule has 0 spiro atoms. The van der Waals surface area contributed by atoms with Gasteiger partial charge in [0.15, 0.2) is 5.82 Å². The molecule has 0 radical (unpaired) electrons. The molecule has 5 N–H and O–H groups in total. The van der Waals surface area contributed by atoms with Crippen molar-refractivity contribution in [2.75, 3.05) is 24.9 Å². The number of hydrogen-bond acceptors (Lipinski definition) is 9. The van der Waals surface area contributed by atoms with E-state index >= 15 is 0 Å². The number of nitrogens with one attached hydrogen (secondary N) is 1. The summed E-state index contributed by atoms with van der Waals surface area (Å²) in [6, 6.07) is 5.61. The molecule has 176 valence electrons. The SMILES string of the molecule is COc1cnc2c(Nc3ccc(F)c([C@@]4(CF)CS(O)(O)C(C)(C)C(N)=N4)c3)nccc2n1. The van der Waals surface area contributed by atoms with Crippen molar-refractivity contribution in [2.24, 2.45) is 10.7 Å². The number of nitrogens with two attached hydrogens (primary N) is 1. The van der Waals surface area contributed by atoms with Gasteiger partial charge in [-0.15, -0.1) is 0 Å². The summed E-state index contributed by atoms with van der Waals surface area (Å²) in [5, 5.41) is 3.04. The standard InChI is InChI=1S/C21H24F2N6O3S/c1-20(2)19(24)29-21(10-22,11-33(20,30)31)13-8-12(4-5-14(13)23)27-18-17-15(6-7-25-18)28-16(32-3)9-26-17/h4-9,30-31H,10-11H2,1-3H3,(H2,24,29)(H,25,27)/t21-/m1/s1. The molecule has 1 aliphatic heterocycles. The summed E-state index contributed by atoms with van der Waals surface area (Å²) in [5.74, 6) is -0.721. The number of nitrogens with zero attached hydrogens (tertiary/aromatic N) is 4. The topological polar surface area (TPSA) is 139 Å². The van der Waals surface area contributed by atoms with E-state index in [4.69, 9.17) is 10.5 Å². The van der Waals surface area contributed by atoms with Crippen molar-refractivity contribution in [3.8, 4) is 5.88 Å². The van der Waals surface area contributed by atoms with Crippen LogP contribution in [0.3, 0.4) is 0 Å². The number of amidine groups is 1. The Labute approximate surface area is 190 Å². The molecule has 0 fully saturated rings. The third-order valence-corrected chi connectivity index (χ3v) is 8.53. The van der Waals surface area contributed by atoms with Gasteiger partial charge in [-0.2, -0.15) is 10.6 Å². The Morgan fingerprint density at radius 3 is 2.67 bits per heavy atom. The number of pyridine rings is 1. The summed E-state index contributed by atoms with van der Waals surface area (Å²) in [6.45, 7) is 1.86. The monoisotopic (exact) mass is 478 g/mol. The Morgan fingerprint density at radius 1 is 1.24 bits per heavy atom. The molecule has 9 nitrogen and oxygen atoms in total. The van der Waals surface area contributed by atoms with Crippen LogP contribution in [0.5, 0.6) is 5.88 Å². The van der Waals surface area contributed by atoms with Gasteiger partial charge in [-0.3, -0.25) is 14.1 Å². The van der Waals surface area contributed by atoms with Gasteiger partial charge in [-0.25, -0.2) is 23.7 Å². The summed E-state index contributed by atoms with van der Waals surface area (Å²) < 4.78 is 54.5. The van der Waals surface area contributed by atoms with Crippen LogP contribution in [0.1, 0.15) is 19.4 Å². The normalized spacial score (nSPS) is 22.5. The summed E-state index contributed by atoms with van der Waals surface area (Å²) in [5.41, 5.74) is 5.29. The Hall–Kier alpha value is -3.09. The van der Waals surface area contributed by atoms with Gasteiger partial charge in [0.05, 0.1) is 24.6 Å². The molecule has 0 amide bonds. The van der Waals surface area contributed by atoms with Gasteiger partial charge >= 0.3 is 0 Å². The number of fused-ring (bicyclic) bond motifs is 1. The van der Waals surface area contributed by atoms with Crippen molar-refractivity contribution in [3.63, 3.8) is 0 Å². The zero-order valence-electron chi connectivity index (χ0n) is 18.2. The smallest absolute Gasteiger partial charge is 0.232 e. The van der Waals surface area contributed by atoms with E-state index < -0.39 is 39.1 Å². The molecule has 1 atom stereocenters. The van der Waals surface area contributed by atoms with Crippen LogP contribution in [0.15, 0.2) is 41.7 Å². The van der Waals surface area contributed by atoms with E-state index in [1.807, 2.05) is 0 Å². The van der Waals surface area contributed by atoms with Crippen molar-refractivity contribution in [1.29, 1.82) is 0 Å². The van der Waals surface area contributed by atoms with Crippen LogP contribution in [-0.4, -0.2) is 54.2 Å². The molecule has 0 unspecified atom stereocenters. The van der Waals surface area contributed by atoms with Gasteiger partial charge in [-0.1, -0.05) is 0 Å². The number of hydrogen-bond donors (Lipinski definition) is 4. The molecular formula is C21H24F2N6O3S. The third kappa shape index (κ3) is 3.83. The second-order valence-corrected chi connectivity index (χ2v) is 10.9. The van der Waals surface area contributed by atoms with Crippen LogP contribution in [0.2, 0.25) is 0 Å². The highest BCUT2D eigenvalue weighted by molar-refractivity contribution is 8.26. The highest BCUT2D eigenvalue weighted by atomic mass is 32.3. The van der Waals surface area contributed by atoms with Crippen molar-refractivity contribution < 1.29 is 22.6 Å². The average Bonchev–Trinajstić information content (AvgIpc) is 2.78. The van der Waals surface area contributed by atoms with E-state index in [2.05, 4.69) is 25.3 Å². The van der Waals surface area contributed by atoms with Crippen molar-refractivity contribution in [1.82, 2.24) is 15.0 Å². The summed E-state index contributed by atoms with van der Waals surface area (Å²) >= 11 is 0. The van der Waals surface area contributed by atoms with Crippen molar-refractivity contribution in [2.45, 2.75) is 24.1 Å².